The minimum absolute atomic E-state index is 0.169. The van der Waals surface area contributed by atoms with E-state index in [1.54, 1.807) is 49.4 Å². The van der Waals surface area contributed by atoms with Crippen LogP contribution in [-0.2, 0) is 11.3 Å². The molecule has 0 heterocycles. The maximum absolute atomic E-state index is 12.0. The summed E-state index contributed by atoms with van der Waals surface area (Å²) in [5.74, 6) is 0.182. The van der Waals surface area contributed by atoms with Gasteiger partial charge in [-0.15, -0.1) is 0 Å². The van der Waals surface area contributed by atoms with Crippen LogP contribution in [0.2, 0.25) is 0 Å². The van der Waals surface area contributed by atoms with Crippen molar-refractivity contribution in [3.63, 3.8) is 0 Å². The van der Waals surface area contributed by atoms with Gasteiger partial charge in [0, 0.05) is 5.56 Å². The van der Waals surface area contributed by atoms with Crippen molar-refractivity contribution in [1.29, 1.82) is 0 Å². The highest BCUT2D eigenvalue weighted by molar-refractivity contribution is 5.94. The van der Waals surface area contributed by atoms with E-state index in [9.17, 15) is 9.90 Å². The normalized spacial score (nSPS) is 10.2. The zero-order valence-corrected chi connectivity index (χ0v) is 11.7. The number of para-hydroxylation sites is 2. The Morgan fingerprint density at radius 1 is 1.19 bits per heavy atom. The molecule has 2 aromatic rings. The quantitative estimate of drug-likeness (QED) is 0.652. The van der Waals surface area contributed by atoms with Gasteiger partial charge in [-0.2, -0.15) is 0 Å². The van der Waals surface area contributed by atoms with E-state index < -0.39 is 5.97 Å². The number of aliphatic hydroxyl groups is 1. The maximum atomic E-state index is 12.0. The topological polar surface area (TPSA) is 81.8 Å². The Hall–Kier alpha value is -2.53. The summed E-state index contributed by atoms with van der Waals surface area (Å²) in [5, 5.41) is 9.33. The first-order valence-electron chi connectivity index (χ1n) is 6.59. The summed E-state index contributed by atoms with van der Waals surface area (Å²) in [4.78, 5) is 12.0. The van der Waals surface area contributed by atoms with Gasteiger partial charge in [-0.1, -0.05) is 24.3 Å². The fourth-order valence-corrected chi connectivity index (χ4v) is 1.88. The van der Waals surface area contributed by atoms with Crippen LogP contribution in [0.1, 0.15) is 22.8 Å². The first kappa shape index (κ1) is 14.9. The molecule has 5 nitrogen and oxygen atoms in total. The first-order chi connectivity index (χ1) is 10.2. The zero-order valence-electron chi connectivity index (χ0n) is 11.7. The van der Waals surface area contributed by atoms with E-state index in [1.165, 1.54) is 0 Å². The third kappa shape index (κ3) is 3.32. The highest BCUT2D eigenvalue weighted by atomic mass is 16.5. The van der Waals surface area contributed by atoms with Gasteiger partial charge >= 0.3 is 5.97 Å². The van der Waals surface area contributed by atoms with E-state index in [4.69, 9.17) is 15.2 Å². The fourth-order valence-electron chi connectivity index (χ4n) is 1.88. The number of anilines is 1. The van der Waals surface area contributed by atoms with Crippen molar-refractivity contribution in [3.8, 4) is 11.5 Å². The lowest BCUT2D eigenvalue weighted by Gasteiger charge is -2.14. The Balaban J connectivity index is 2.41. The van der Waals surface area contributed by atoms with Crippen LogP contribution in [0.5, 0.6) is 11.5 Å². The molecule has 0 aliphatic rings. The SMILES string of the molecule is CCOC(=O)c1cccc(N)c1Oc1ccccc1CO. The number of carbonyl (C=O) groups is 1. The van der Waals surface area contributed by atoms with Crippen molar-refractivity contribution in [2.75, 3.05) is 12.3 Å². The Bertz CT molecular complexity index is 640. The van der Waals surface area contributed by atoms with E-state index in [2.05, 4.69) is 0 Å². The van der Waals surface area contributed by atoms with Gasteiger partial charge in [-0.25, -0.2) is 4.79 Å². The number of nitrogen functional groups attached to an aromatic ring is 1. The molecule has 0 unspecified atom stereocenters. The van der Waals surface area contributed by atoms with Crippen molar-refractivity contribution >= 4 is 11.7 Å². The van der Waals surface area contributed by atoms with Crippen LogP contribution in [0, 0.1) is 0 Å². The molecule has 0 atom stereocenters. The second-order valence-corrected chi connectivity index (χ2v) is 4.31. The summed E-state index contributed by atoms with van der Waals surface area (Å²) >= 11 is 0. The van der Waals surface area contributed by atoms with Crippen LogP contribution in [0.25, 0.3) is 0 Å². The average molecular weight is 287 g/mol. The molecule has 0 bridgehead atoms. The lowest BCUT2D eigenvalue weighted by molar-refractivity contribution is 0.0523. The van der Waals surface area contributed by atoms with E-state index in [-0.39, 0.29) is 24.5 Å². The van der Waals surface area contributed by atoms with E-state index in [0.717, 1.165) is 0 Å². The summed E-state index contributed by atoms with van der Waals surface area (Å²) in [5.41, 5.74) is 7.09. The molecular weight excluding hydrogens is 270 g/mol. The predicted octanol–water partition coefficient (Wildman–Crippen LogP) is 2.73. The standard InChI is InChI=1S/C16H17NO4/c1-2-20-16(19)12-7-5-8-13(17)15(12)21-14-9-4-3-6-11(14)10-18/h3-9,18H,2,10,17H2,1H3. The zero-order chi connectivity index (χ0) is 15.2. The maximum Gasteiger partial charge on any atom is 0.342 e. The van der Waals surface area contributed by atoms with E-state index >= 15 is 0 Å². The molecule has 0 radical (unpaired) electrons. The van der Waals surface area contributed by atoms with Crippen molar-refractivity contribution in [1.82, 2.24) is 0 Å². The molecular formula is C16H17NO4. The van der Waals surface area contributed by atoms with Crippen molar-refractivity contribution < 1.29 is 19.4 Å². The highest BCUT2D eigenvalue weighted by Crippen LogP contribution is 2.33. The van der Waals surface area contributed by atoms with Gasteiger partial charge in [0.2, 0.25) is 0 Å². The fraction of sp³-hybridized carbons (Fsp3) is 0.188. The molecule has 5 heteroatoms. The number of nitrogens with two attached hydrogens (primary N) is 1. The van der Waals surface area contributed by atoms with Gasteiger partial charge in [-0.05, 0) is 25.1 Å². The van der Waals surface area contributed by atoms with Crippen LogP contribution >= 0.6 is 0 Å². The first-order valence-corrected chi connectivity index (χ1v) is 6.59. The van der Waals surface area contributed by atoms with Crippen LogP contribution in [0.4, 0.5) is 5.69 Å². The summed E-state index contributed by atoms with van der Waals surface area (Å²) in [6.07, 6.45) is 0. The summed E-state index contributed by atoms with van der Waals surface area (Å²) < 4.78 is 10.7. The number of carbonyl (C=O) groups excluding carboxylic acids is 1. The van der Waals surface area contributed by atoms with Crippen LogP contribution in [0.15, 0.2) is 42.5 Å². The van der Waals surface area contributed by atoms with Crippen LogP contribution < -0.4 is 10.5 Å². The van der Waals surface area contributed by atoms with E-state index in [0.29, 0.717) is 17.0 Å². The molecule has 0 aromatic heterocycles. The number of rotatable bonds is 5. The molecule has 2 aromatic carbocycles. The van der Waals surface area contributed by atoms with Gasteiger partial charge in [0.1, 0.15) is 11.3 Å². The van der Waals surface area contributed by atoms with Crippen LogP contribution in [-0.4, -0.2) is 17.7 Å². The summed E-state index contributed by atoms with van der Waals surface area (Å²) in [6, 6.07) is 11.9. The molecule has 0 aliphatic carbocycles. The molecule has 0 saturated carbocycles. The van der Waals surface area contributed by atoms with Gasteiger partial charge in [0.25, 0.3) is 0 Å². The highest BCUT2D eigenvalue weighted by Gasteiger charge is 2.17. The Morgan fingerprint density at radius 2 is 1.95 bits per heavy atom. The van der Waals surface area contributed by atoms with Crippen LogP contribution in [0.3, 0.4) is 0 Å². The minimum atomic E-state index is -0.499. The van der Waals surface area contributed by atoms with Gasteiger partial charge < -0.3 is 20.3 Å². The largest absolute Gasteiger partial charge is 0.462 e. The third-order valence-electron chi connectivity index (χ3n) is 2.90. The van der Waals surface area contributed by atoms with Crippen molar-refractivity contribution in [2.45, 2.75) is 13.5 Å². The lowest BCUT2D eigenvalue weighted by atomic mass is 10.1. The molecule has 0 saturated heterocycles. The molecule has 21 heavy (non-hydrogen) atoms. The third-order valence-corrected chi connectivity index (χ3v) is 2.90. The number of aliphatic hydroxyl groups excluding tert-OH is 1. The Kier molecular flexibility index (Phi) is 4.79. The number of benzene rings is 2. The number of esters is 1. The molecule has 0 spiro atoms. The second kappa shape index (κ2) is 6.76. The van der Waals surface area contributed by atoms with Gasteiger partial charge in [-0.3, -0.25) is 0 Å². The predicted molar refractivity (Wildman–Crippen MR) is 79.2 cm³/mol. The minimum Gasteiger partial charge on any atom is -0.462 e. The molecule has 0 aliphatic heterocycles. The summed E-state index contributed by atoms with van der Waals surface area (Å²) in [7, 11) is 0. The number of ether oxygens (including phenoxy) is 2. The summed E-state index contributed by atoms with van der Waals surface area (Å²) in [6.45, 7) is 1.82. The molecule has 0 fully saturated rings. The second-order valence-electron chi connectivity index (χ2n) is 4.31. The van der Waals surface area contributed by atoms with E-state index in [1.807, 2.05) is 0 Å². The molecule has 110 valence electrons. The van der Waals surface area contributed by atoms with Crippen molar-refractivity contribution in [2.24, 2.45) is 0 Å². The Labute approximate surface area is 122 Å². The lowest BCUT2D eigenvalue weighted by Crippen LogP contribution is -2.08. The number of hydrogen-bond donors (Lipinski definition) is 2. The molecule has 0 amide bonds. The van der Waals surface area contributed by atoms with Gasteiger partial charge in [0.15, 0.2) is 5.75 Å². The molecule has 2 rings (SSSR count). The number of hydrogen-bond acceptors (Lipinski definition) is 5. The van der Waals surface area contributed by atoms with Crippen molar-refractivity contribution in [3.05, 3.63) is 53.6 Å². The Morgan fingerprint density at radius 3 is 2.67 bits per heavy atom. The monoisotopic (exact) mass is 287 g/mol. The molecule has 3 N–H and O–H groups in total. The van der Waals surface area contributed by atoms with Gasteiger partial charge in [0.05, 0.1) is 18.9 Å². The smallest absolute Gasteiger partial charge is 0.342 e. The average Bonchev–Trinajstić information content (AvgIpc) is 2.50.